The SMILES string of the molecule is CCOC(=O)C1=C(C)N(Cc2ccc(C(=O)N3CCN(C(c4ccccc4)c4ccccc4)CC3)cc2)C(=O)CC1c1ccccc1F. The Bertz CT molecular complexity index is 1740. The van der Waals surface area contributed by atoms with Crippen LogP contribution in [0.25, 0.3) is 0 Å². The number of piperazine rings is 1. The smallest absolute Gasteiger partial charge is 0.336 e. The number of hydrogen-bond donors (Lipinski definition) is 0. The van der Waals surface area contributed by atoms with E-state index in [2.05, 4.69) is 53.4 Å². The number of carbonyl (C=O) groups is 3. The van der Waals surface area contributed by atoms with Gasteiger partial charge >= 0.3 is 5.97 Å². The zero-order chi connectivity index (χ0) is 33.6. The summed E-state index contributed by atoms with van der Waals surface area (Å²) in [6, 6.07) is 34.6. The van der Waals surface area contributed by atoms with E-state index >= 15 is 0 Å². The van der Waals surface area contributed by atoms with Crippen LogP contribution in [0.15, 0.2) is 120 Å². The second kappa shape index (κ2) is 14.8. The Morgan fingerprint density at radius 1 is 0.812 bits per heavy atom. The highest BCUT2D eigenvalue weighted by Gasteiger charge is 2.38. The predicted molar refractivity (Wildman–Crippen MR) is 182 cm³/mol. The lowest BCUT2D eigenvalue weighted by Crippen LogP contribution is -2.49. The Morgan fingerprint density at radius 2 is 1.40 bits per heavy atom. The van der Waals surface area contributed by atoms with Gasteiger partial charge in [0.25, 0.3) is 5.91 Å². The highest BCUT2D eigenvalue weighted by atomic mass is 19.1. The van der Waals surface area contributed by atoms with E-state index in [4.69, 9.17) is 4.74 Å². The molecular formula is C40H40FN3O4. The van der Waals surface area contributed by atoms with Gasteiger partial charge in [0.15, 0.2) is 0 Å². The van der Waals surface area contributed by atoms with Crippen molar-refractivity contribution in [1.82, 2.24) is 14.7 Å². The molecule has 2 heterocycles. The van der Waals surface area contributed by atoms with Crippen molar-refractivity contribution in [3.05, 3.63) is 154 Å². The molecule has 1 saturated heterocycles. The fraction of sp³-hybridized carbons (Fsp3) is 0.275. The summed E-state index contributed by atoms with van der Waals surface area (Å²) >= 11 is 0. The van der Waals surface area contributed by atoms with Gasteiger partial charge in [0.05, 0.1) is 24.8 Å². The summed E-state index contributed by atoms with van der Waals surface area (Å²) in [7, 11) is 0. The Morgan fingerprint density at radius 3 is 1.98 bits per heavy atom. The molecular weight excluding hydrogens is 605 g/mol. The molecule has 48 heavy (non-hydrogen) atoms. The molecule has 1 atom stereocenters. The van der Waals surface area contributed by atoms with Crippen LogP contribution in [0.1, 0.15) is 64.8 Å². The molecule has 2 amide bonds. The summed E-state index contributed by atoms with van der Waals surface area (Å²) in [6.45, 7) is 6.52. The Hall–Kier alpha value is -5.08. The maximum atomic E-state index is 14.8. The predicted octanol–water partition coefficient (Wildman–Crippen LogP) is 6.73. The third-order valence-electron chi connectivity index (χ3n) is 9.34. The summed E-state index contributed by atoms with van der Waals surface area (Å²) in [6.07, 6.45) is -0.0512. The summed E-state index contributed by atoms with van der Waals surface area (Å²) in [5.41, 5.74) is 4.88. The van der Waals surface area contributed by atoms with Gasteiger partial charge < -0.3 is 14.5 Å². The second-order valence-electron chi connectivity index (χ2n) is 12.2. The van der Waals surface area contributed by atoms with Crippen molar-refractivity contribution < 1.29 is 23.5 Å². The van der Waals surface area contributed by atoms with E-state index in [0.717, 1.165) is 18.7 Å². The third-order valence-corrected chi connectivity index (χ3v) is 9.34. The number of nitrogens with zero attached hydrogens (tertiary/aromatic N) is 3. The first kappa shape index (κ1) is 32.8. The molecule has 6 rings (SSSR count). The van der Waals surface area contributed by atoms with Gasteiger partial charge in [-0.15, -0.1) is 0 Å². The summed E-state index contributed by atoms with van der Waals surface area (Å²) in [5.74, 6) is -1.99. The van der Waals surface area contributed by atoms with Crippen LogP contribution in [-0.4, -0.2) is 65.3 Å². The van der Waals surface area contributed by atoms with Crippen LogP contribution in [-0.2, 0) is 20.9 Å². The van der Waals surface area contributed by atoms with Crippen molar-refractivity contribution in [3.63, 3.8) is 0 Å². The summed E-state index contributed by atoms with van der Waals surface area (Å²) < 4.78 is 20.1. The van der Waals surface area contributed by atoms with E-state index < -0.39 is 17.7 Å². The number of carbonyl (C=O) groups excluding carboxylic acids is 3. The molecule has 0 spiro atoms. The number of hydrogen-bond acceptors (Lipinski definition) is 5. The van der Waals surface area contributed by atoms with Crippen LogP contribution in [0.2, 0.25) is 0 Å². The molecule has 0 saturated carbocycles. The maximum absolute atomic E-state index is 14.8. The van der Waals surface area contributed by atoms with Gasteiger partial charge in [-0.3, -0.25) is 14.5 Å². The molecule has 2 aliphatic heterocycles. The van der Waals surface area contributed by atoms with Crippen molar-refractivity contribution in [2.24, 2.45) is 0 Å². The van der Waals surface area contributed by atoms with Gasteiger partial charge in [-0.05, 0) is 54.3 Å². The number of allylic oxidation sites excluding steroid dienone is 1. The van der Waals surface area contributed by atoms with Crippen LogP contribution in [0.4, 0.5) is 4.39 Å². The molecule has 0 bridgehead atoms. The van der Waals surface area contributed by atoms with E-state index in [-0.39, 0.29) is 43.0 Å². The lowest BCUT2D eigenvalue weighted by Gasteiger charge is -2.39. The van der Waals surface area contributed by atoms with Crippen molar-refractivity contribution in [2.75, 3.05) is 32.8 Å². The maximum Gasteiger partial charge on any atom is 0.336 e. The van der Waals surface area contributed by atoms with Crippen molar-refractivity contribution >= 4 is 17.8 Å². The molecule has 0 aromatic heterocycles. The summed E-state index contributed by atoms with van der Waals surface area (Å²) in [5, 5.41) is 0. The third kappa shape index (κ3) is 6.94. The van der Waals surface area contributed by atoms with Gasteiger partial charge in [-0.2, -0.15) is 0 Å². The number of esters is 1. The fourth-order valence-corrected chi connectivity index (χ4v) is 6.89. The molecule has 1 unspecified atom stereocenters. The van der Waals surface area contributed by atoms with Crippen molar-refractivity contribution in [3.8, 4) is 0 Å². The first-order valence-corrected chi connectivity index (χ1v) is 16.5. The standard InChI is InChI=1S/C40H40FN3O4/c1-3-48-40(47)37-28(2)44(36(45)26-34(37)33-16-10-11-17-35(33)41)27-29-18-20-32(21-19-29)39(46)43-24-22-42(23-25-43)38(30-12-6-4-7-13-30)31-14-8-5-9-15-31/h4-21,34,38H,3,22-27H2,1-2H3. The average Bonchev–Trinajstić information content (AvgIpc) is 3.11. The van der Waals surface area contributed by atoms with E-state index in [9.17, 15) is 18.8 Å². The molecule has 8 heteroatoms. The molecule has 1 fully saturated rings. The van der Waals surface area contributed by atoms with E-state index in [1.807, 2.05) is 29.2 Å². The van der Waals surface area contributed by atoms with Gasteiger partial charge in [0, 0.05) is 49.8 Å². The molecule has 0 radical (unpaired) electrons. The van der Waals surface area contributed by atoms with Crippen LogP contribution < -0.4 is 0 Å². The van der Waals surface area contributed by atoms with Crippen molar-refractivity contribution in [2.45, 2.75) is 38.8 Å². The largest absolute Gasteiger partial charge is 0.463 e. The molecule has 246 valence electrons. The Kier molecular flexibility index (Phi) is 10.1. The zero-order valence-electron chi connectivity index (χ0n) is 27.3. The minimum absolute atomic E-state index is 0.0281. The number of rotatable bonds is 9. The van der Waals surface area contributed by atoms with Crippen LogP contribution in [0, 0.1) is 5.82 Å². The lowest BCUT2D eigenvalue weighted by atomic mass is 9.83. The first-order valence-electron chi connectivity index (χ1n) is 16.5. The molecule has 4 aromatic carbocycles. The number of benzene rings is 4. The van der Waals surface area contributed by atoms with E-state index in [0.29, 0.717) is 29.9 Å². The van der Waals surface area contributed by atoms with Crippen molar-refractivity contribution in [1.29, 1.82) is 0 Å². The zero-order valence-corrected chi connectivity index (χ0v) is 27.3. The van der Waals surface area contributed by atoms with E-state index in [1.54, 1.807) is 49.1 Å². The normalized spacial score (nSPS) is 17.2. The van der Waals surface area contributed by atoms with Crippen LogP contribution in [0.3, 0.4) is 0 Å². The topological polar surface area (TPSA) is 70.2 Å². The van der Waals surface area contributed by atoms with E-state index in [1.165, 1.54) is 17.2 Å². The monoisotopic (exact) mass is 645 g/mol. The number of halogens is 1. The molecule has 2 aliphatic rings. The molecule has 7 nitrogen and oxygen atoms in total. The van der Waals surface area contributed by atoms with Gasteiger partial charge in [-0.1, -0.05) is 91.0 Å². The Labute approximate surface area is 281 Å². The van der Waals surface area contributed by atoms with Crippen LogP contribution in [0.5, 0.6) is 0 Å². The minimum Gasteiger partial charge on any atom is -0.463 e. The van der Waals surface area contributed by atoms with Gasteiger partial charge in [0.1, 0.15) is 5.82 Å². The highest BCUT2D eigenvalue weighted by Crippen LogP contribution is 2.39. The Balaban J connectivity index is 1.14. The summed E-state index contributed by atoms with van der Waals surface area (Å²) in [4.78, 5) is 45.9. The second-order valence-corrected chi connectivity index (χ2v) is 12.2. The van der Waals surface area contributed by atoms with Crippen LogP contribution >= 0.6 is 0 Å². The molecule has 0 aliphatic carbocycles. The lowest BCUT2D eigenvalue weighted by molar-refractivity contribution is -0.140. The van der Waals surface area contributed by atoms with Gasteiger partial charge in [0.2, 0.25) is 5.91 Å². The molecule has 4 aromatic rings. The quantitative estimate of drug-likeness (QED) is 0.189. The van der Waals surface area contributed by atoms with Gasteiger partial charge in [-0.25, -0.2) is 9.18 Å². The number of ether oxygens (including phenoxy) is 1. The number of amides is 2. The fourth-order valence-electron chi connectivity index (χ4n) is 6.89. The molecule has 0 N–H and O–H groups in total. The first-order chi connectivity index (χ1) is 23.4. The highest BCUT2D eigenvalue weighted by molar-refractivity contribution is 5.96. The minimum atomic E-state index is -0.731. The average molecular weight is 646 g/mol.